The zero-order chi connectivity index (χ0) is 25.1. The number of primary amides is 1. The highest BCUT2D eigenvalue weighted by Gasteiger charge is 2.18. The van der Waals surface area contributed by atoms with Crippen LogP contribution in [-0.2, 0) is 6.42 Å². The number of nitriles is 1. The third-order valence-electron chi connectivity index (χ3n) is 6.60. The van der Waals surface area contributed by atoms with Crippen molar-refractivity contribution in [1.29, 1.82) is 5.26 Å². The number of benzene rings is 2. The third-order valence-corrected chi connectivity index (χ3v) is 7.65. The molecule has 0 atom stereocenters. The van der Waals surface area contributed by atoms with Crippen LogP contribution in [0, 0.1) is 18.3 Å². The van der Waals surface area contributed by atoms with Gasteiger partial charge in [-0.3, -0.25) is 9.69 Å². The SMILES string of the molecule is Cc1nc(Oc2ccc(N3CCN(CCCc4c[nH]c5ccc(C#N)cc45)CC3)cc2)sc1C(N)=O. The van der Waals surface area contributed by atoms with Crippen LogP contribution < -0.4 is 15.4 Å². The maximum Gasteiger partial charge on any atom is 0.279 e. The maximum atomic E-state index is 11.4. The number of nitrogens with two attached hydrogens (primary N) is 1. The number of amides is 1. The van der Waals surface area contributed by atoms with E-state index < -0.39 is 5.91 Å². The van der Waals surface area contributed by atoms with E-state index in [2.05, 4.69) is 44.2 Å². The Balaban J connectivity index is 1.10. The van der Waals surface area contributed by atoms with Gasteiger partial charge in [-0.1, -0.05) is 11.3 Å². The predicted molar refractivity (Wildman–Crippen MR) is 142 cm³/mol. The number of carbonyl (C=O) groups is 1. The topological polar surface area (TPSA) is 111 Å². The number of thiazole rings is 1. The molecular weight excluding hydrogens is 472 g/mol. The number of hydrogen-bond donors (Lipinski definition) is 2. The second-order valence-corrected chi connectivity index (χ2v) is 9.93. The number of H-pyrrole nitrogens is 1. The Morgan fingerprint density at radius 2 is 1.97 bits per heavy atom. The minimum atomic E-state index is -0.485. The lowest BCUT2D eigenvalue weighted by Crippen LogP contribution is -2.46. The first kappa shape index (κ1) is 23.9. The van der Waals surface area contributed by atoms with Crippen molar-refractivity contribution >= 4 is 33.8 Å². The molecule has 5 rings (SSSR count). The first-order valence-electron chi connectivity index (χ1n) is 12.0. The number of nitrogens with zero attached hydrogens (tertiary/aromatic N) is 4. The Morgan fingerprint density at radius 1 is 1.19 bits per heavy atom. The van der Waals surface area contributed by atoms with Crippen LogP contribution in [0.1, 0.15) is 32.9 Å². The zero-order valence-electron chi connectivity index (χ0n) is 20.2. The predicted octanol–water partition coefficient (Wildman–Crippen LogP) is 4.45. The molecule has 1 fully saturated rings. The van der Waals surface area contributed by atoms with Crippen LogP contribution >= 0.6 is 11.3 Å². The Morgan fingerprint density at radius 3 is 2.67 bits per heavy atom. The molecule has 36 heavy (non-hydrogen) atoms. The lowest BCUT2D eigenvalue weighted by atomic mass is 10.1. The van der Waals surface area contributed by atoms with E-state index in [4.69, 9.17) is 10.5 Å². The number of fused-ring (bicyclic) bond motifs is 1. The largest absolute Gasteiger partial charge is 0.431 e. The van der Waals surface area contributed by atoms with Gasteiger partial charge < -0.3 is 20.4 Å². The maximum absolute atomic E-state index is 11.4. The van der Waals surface area contributed by atoms with Crippen LogP contribution in [0.25, 0.3) is 10.9 Å². The van der Waals surface area contributed by atoms with E-state index in [1.54, 1.807) is 6.92 Å². The molecule has 0 unspecified atom stereocenters. The highest BCUT2D eigenvalue weighted by molar-refractivity contribution is 7.15. The summed E-state index contributed by atoms with van der Waals surface area (Å²) in [6.07, 6.45) is 4.16. The van der Waals surface area contributed by atoms with Gasteiger partial charge >= 0.3 is 0 Å². The molecule has 0 aliphatic carbocycles. The van der Waals surface area contributed by atoms with Crippen LogP contribution in [0.4, 0.5) is 5.69 Å². The van der Waals surface area contributed by atoms with E-state index in [1.165, 1.54) is 11.3 Å². The molecular formula is C27H28N6O2S. The summed E-state index contributed by atoms with van der Waals surface area (Å²) >= 11 is 1.16. The Bertz CT molecular complexity index is 1410. The molecule has 184 valence electrons. The van der Waals surface area contributed by atoms with Gasteiger partial charge in [-0.05, 0) is 74.3 Å². The Kier molecular flexibility index (Phi) is 6.89. The van der Waals surface area contributed by atoms with Crippen LogP contribution in [0.2, 0.25) is 0 Å². The molecule has 0 radical (unpaired) electrons. The van der Waals surface area contributed by atoms with Crippen molar-refractivity contribution in [3.8, 4) is 17.0 Å². The highest BCUT2D eigenvalue weighted by atomic mass is 32.1. The van der Waals surface area contributed by atoms with Crippen LogP contribution in [0.3, 0.4) is 0 Å². The van der Waals surface area contributed by atoms with E-state index in [1.807, 2.05) is 30.3 Å². The number of anilines is 1. The lowest BCUT2D eigenvalue weighted by Gasteiger charge is -2.36. The smallest absolute Gasteiger partial charge is 0.279 e. The van der Waals surface area contributed by atoms with Gasteiger partial charge in [0.25, 0.3) is 11.1 Å². The Labute approximate surface area is 213 Å². The van der Waals surface area contributed by atoms with E-state index in [-0.39, 0.29) is 0 Å². The molecule has 2 aromatic heterocycles. The molecule has 4 aromatic rings. The van der Waals surface area contributed by atoms with E-state index in [0.717, 1.165) is 67.8 Å². The van der Waals surface area contributed by atoms with Gasteiger partial charge in [0.15, 0.2) is 0 Å². The molecule has 1 aliphatic rings. The minimum absolute atomic E-state index is 0.417. The van der Waals surface area contributed by atoms with Gasteiger partial charge in [-0.25, -0.2) is 4.98 Å². The van der Waals surface area contributed by atoms with E-state index in [0.29, 0.717) is 27.1 Å². The molecule has 0 saturated carbocycles. The molecule has 0 spiro atoms. The van der Waals surface area contributed by atoms with E-state index in [9.17, 15) is 10.1 Å². The number of hydrogen-bond acceptors (Lipinski definition) is 7. The number of ether oxygens (including phenoxy) is 1. The summed E-state index contributed by atoms with van der Waals surface area (Å²) in [7, 11) is 0. The molecule has 0 bridgehead atoms. The zero-order valence-corrected chi connectivity index (χ0v) is 21.0. The molecule has 9 heteroatoms. The molecule has 1 saturated heterocycles. The van der Waals surface area contributed by atoms with Crippen molar-refractivity contribution in [2.45, 2.75) is 19.8 Å². The summed E-state index contributed by atoms with van der Waals surface area (Å²) in [6.45, 7) is 6.82. The number of rotatable bonds is 8. The second kappa shape index (κ2) is 10.4. The second-order valence-electron chi connectivity index (χ2n) is 8.97. The molecule has 3 heterocycles. The van der Waals surface area contributed by atoms with E-state index >= 15 is 0 Å². The molecule has 1 amide bonds. The summed E-state index contributed by atoms with van der Waals surface area (Å²) < 4.78 is 5.82. The molecule has 3 N–H and O–H groups in total. The lowest BCUT2D eigenvalue weighted by molar-refractivity contribution is 0.100. The van der Waals surface area contributed by atoms with Crippen LogP contribution in [0.5, 0.6) is 10.9 Å². The summed E-state index contributed by atoms with van der Waals surface area (Å²) in [5.41, 5.74) is 10.2. The summed E-state index contributed by atoms with van der Waals surface area (Å²) in [4.78, 5) is 24.4. The average molecular weight is 501 g/mol. The van der Waals surface area contributed by atoms with Gasteiger partial charge in [-0.15, -0.1) is 0 Å². The fourth-order valence-electron chi connectivity index (χ4n) is 4.65. The fourth-order valence-corrected chi connectivity index (χ4v) is 5.44. The van der Waals surface area contributed by atoms with Gasteiger partial charge in [-0.2, -0.15) is 5.26 Å². The van der Waals surface area contributed by atoms with Crippen molar-refractivity contribution in [3.05, 3.63) is 70.4 Å². The minimum Gasteiger partial charge on any atom is -0.431 e. The molecule has 8 nitrogen and oxygen atoms in total. The number of aromatic nitrogens is 2. The van der Waals surface area contributed by atoms with Crippen molar-refractivity contribution in [2.24, 2.45) is 5.73 Å². The third kappa shape index (κ3) is 5.20. The number of aromatic amines is 1. The normalized spacial score (nSPS) is 14.2. The van der Waals surface area contributed by atoms with Crippen molar-refractivity contribution in [3.63, 3.8) is 0 Å². The summed E-state index contributed by atoms with van der Waals surface area (Å²) in [6, 6.07) is 16.0. The Hall–Kier alpha value is -3.87. The first-order chi connectivity index (χ1) is 17.5. The van der Waals surface area contributed by atoms with Crippen molar-refractivity contribution in [2.75, 3.05) is 37.6 Å². The number of aryl methyl sites for hydroxylation is 2. The van der Waals surface area contributed by atoms with Crippen LogP contribution in [-0.4, -0.2) is 53.5 Å². The standard InChI is InChI=1S/C27H28N6O2S/c1-18-25(26(29)34)36-27(31-18)35-22-7-5-21(6-8-22)33-13-11-32(12-14-33)10-2-3-20-17-30-24-9-4-19(16-28)15-23(20)24/h4-9,15,17,30H,2-3,10-14H2,1H3,(H2,29,34). The number of nitrogens with one attached hydrogen (secondary N) is 1. The van der Waals surface area contributed by atoms with Crippen molar-refractivity contribution < 1.29 is 9.53 Å². The van der Waals surface area contributed by atoms with Gasteiger partial charge in [0.1, 0.15) is 10.6 Å². The van der Waals surface area contributed by atoms with Crippen molar-refractivity contribution in [1.82, 2.24) is 14.9 Å². The number of piperazine rings is 1. The number of carbonyl (C=O) groups excluding carboxylic acids is 1. The fraction of sp³-hybridized carbons (Fsp3) is 0.296. The first-order valence-corrected chi connectivity index (χ1v) is 12.8. The molecule has 1 aliphatic heterocycles. The monoisotopic (exact) mass is 500 g/mol. The molecule has 2 aromatic carbocycles. The average Bonchev–Trinajstić information content (AvgIpc) is 3.47. The highest BCUT2D eigenvalue weighted by Crippen LogP contribution is 2.30. The van der Waals surface area contributed by atoms with Gasteiger partial charge in [0.2, 0.25) is 0 Å². The quantitative estimate of drug-likeness (QED) is 0.370. The summed E-state index contributed by atoms with van der Waals surface area (Å²) in [5, 5.41) is 10.8. The summed E-state index contributed by atoms with van der Waals surface area (Å²) in [5.74, 6) is 0.197. The van der Waals surface area contributed by atoms with Gasteiger partial charge in [0.05, 0.1) is 17.3 Å². The van der Waals surface area contributed by atoms with Gasteiger partial charge in [0, 0.05) is 49.0 Å². The van der Waals surface area contributed by atoms with Crippen LogP contribution in [0.15, 0.2) is 48.7 Å².